The van der Waals surface area contributed by atoms with Crippen molar-refractivity contribution in [1.29, 1.82) is 0 Å². The molecule has 2 aliphatic heterocycles. The van der Waals surface area contributed by atoms with Crippen LogP contribution in [-0.4, -0.2) is 57.2 Å². The molecule has 2 aliphatic rings. The molecule has 23 heavy (non-hydrogen) atoms. The molecule has 0 saturated carbocycles. The van der Waals surface area contributed by atoms with Crippen molar-refractivity contribution in [2.24, 2.45) is 0 Å². The number of likely N-dealkylation sites (tertiary alicyclic amines) is 1. The number of nitrogens with zero attached hydrogens (tertiary/aromatic N) is 1. The van der Waals surface area contributed by atoms with Crippen molar-refractivity contribution < 1.29 is 17.9 Å². The lowest BCUT2D eigenvalue weighted by atomic mass is 10.0. The fraction of sp³-hybridized carbons (Fsp3) is 0.625. The van der Waals surface area contributed by atoms with E-state index in [0.29, 0.717) is 18.1 Å². The first-order valence-corrected chi connectivity index (χ1v) is 10.4. The summed E-state index contributed by atoms with van der Waals surface area (Å²) < 4.78 is 37.4. The summed E-state index contributed by atoms with van der Waals surface area (Å²) in [6.07, 6.45) is 1.60. The highest BCUT2D eigenvalue weighted by molar-refractivity contribution is 9.10. The number of sulfone groups is 1. The summed E-state index contributed by atoms with van der Waals surface area (Å²) in [6.45, 7) is 4.90. The maximum absolute atomic E-state index is 12.6. The minimum atomic E-state index is -3.28. The molecule has 0 aliphatic carbocycles. The first-order valence-electron chi connectivity index (χ1n) is 7.91. The van der Waals surface area contributed by atoms with Crippen LogP contribution in [0.2, 0.25) is 0 Å². The average molecular weight is 404 g/mol. The summed E-state index contributed by atoms with van der Waals surface area (Å²) in [6, 6.07) is 6.80. The van der Waals surface area contributed by atoms with Gasteiger partial charge in [-0.15, -0.1) is 0 Å². The second-order valence-corrected chi connectivity index (χ2v) is 9.18. The summed E-state index contributed by atoms with van der Waals surface area (Å²) in [5.41, 5.74) is 0. The fourth-order valence-corrected chi connectivity index (χ4v) is 5.11. The van der Waals surface area contributed by atoms with Gasteiger partial charge in [0.15, 0.2) is 15.6 Å². The van der Waals surface area contributed by atoms with Crippen LogP contribution in [0, 0.1) is 0 Å². The van der Waals surface area contributed by atoms with Crippen molar-refractivity contribution in [1.82, 2.24) is 4.90 Å². The molecule has 0 bridgehead atoms. The van der Waals surface area contributed by atoms with Gasteiger partial charge < -0.3 is 9.47 Å². The Morgan fingerprint density at radius 1 is 1.17 bits per heavy atom. The Hall–Kier alpha value is -0.470. The zero-order valence-corrected chi connectivity index (χ0v) is 15.6. The summed E-state index contributed by atoms with van der Waals surface area (Å²) in [7, 11) is -3.28. The first-order chi connectivity index (χ1) is 10.9. The van der Waals surface area contributed by atoms with Gasteiger partial charge in [0.1, 0.15) is 0 Å². The molecule has 0 radical (unpaired) electrons. The van der Waals surface area contributed by atoms with Crippen LogP contribution >= 0.6 is 15.9 Å². The van der Waals surface area contributed by atoms with Gasteiger partial charge in [-0.25, -0.2) is 8.42 Å². The van der Waals surface area contributed by atoms with Crippen LogP contribution in [0.15, 0.2) is 33.6 Å². The predicted octanol–water partition coefficient (Wildman–Crippen LogP) is 2.45. The van der Waals surface area contributed by atoms with E-state index in [9.17, 15) is 8.42 Å². The maximum Gasteiger partial charge on any atom is 0.179 e. The molecule has 3 rings (SSSR count). The Balaban J connectivity index is 1.60. The van der Waals surface area contributed by atoms with Crippen LogP contribution in [0.25, 0.3) is 0 Å². The third-order valence-corrected chi connectivity index (χ3v) is 7.07. The molecule has 128 valence electrons. The van der Waals surface area contributed by atoms with E-state index >= 15 is 0 Å². The molecule has 0 aromatic heterocycles. The monoisotopic (exact) mass is 403 g/mol. The molecule has 7 heteroatoms. The van der Waals surface area contributed by atoms with E-state index in [1.807, 2.05) is 6.92 Å². The van der Waals surface area contributed by atoms with Gasteiger partial charge in [-0.1, -0.05) is 15.9 Å². The van der Waals surface area contributed by atoms with E-state index in [-0.39, 0.29) is 11.8 Å². The summed E-state index contributed by atoms with van der Waals surface area (Å²) >= 11 is 3.33. The normalized spacial score (nSPS) is 23.2. The Morgan fingerprint density at radius 2 is 1.74 bits per heavy atom. The van der Waals surface area contributed by atoms with Crippen LogP contribution in [0.1, 0.15) is 19.8 Å². The van der Waals surface area contributed by atoms with E-state index in [2.05, 4.69) is 20.8 Å². The number of halogens is 1. The average Bonchev–Trinajstić information content (AvgIpc) is 2.96. The minimum Gasteiger partial charge on any atom is -0.347 e. The third kappa shape index (κ3) is 3.96. The molecule has 2 saturated heterocycles. The van der Waals surface area contributed by atoms with Gasteiger partial charge >= 0.3 is 0 Å². The van der Waals surface area contributed by atoms with Crippen LogP contribution < -0.4 is 0 Å². The van der Waals surface area contributed by atoms with Crippen molar-refractivity contribution in [3.05, 3.63) is 28.7 Å². The van der Waals surface area contributed by atoms with Crippen LogP contribution in [0.3, 0.4) is 0 Å². The Kier molecular flexibility index (Phi) is 5.13. The molecule has 0 N–H and O–H groups in total. The molecular weight excluding hydrogens is 382 g/mol. The molecule has 1 spiro atoms. The SMILES string of the molecule is C[C@H](CS(=O)(=O)c1ccc(Br)cc1)N1CCC2(CC1)OCCO2. The predicted molar refractivity (Wildman–Crippen MR) is 91.1 cm³/mol. The lowest BCUT2D eigenvalue weighted by Gasteiger charge is -2.40. The van der Waals surface area contributed by atoms with Crippen molar-refractivity contribution in [2.75, 3.05) is 32.1 Å². The molecule has 2 heterocycles. The molecular formula is C16H22BrNO4S. The molecule has 0 amide bonds. The summed E-state index contributed by atoms with van der Waals surface area (Å²) in [5.74, 6) is -0.288. The smallest absolute Gasteiger partial charge is 0.179 e. The quantitative estimate of drug-likeness (QED) is 0.772. The highest BCUT2D eigenvalue weighted by atomic mass is 79.9. The van der Waals surface area contributed by atoms with Gasteiger partial charge in [-0.3, -0.25) is 4.90 Å². The Morgan fingerprint density at radius 3 is 2.30 bits per heavy atom. The molecule has 1 aromatic carbocycles. The van der Waals surface area contributed by atoms with Gasteiger partial charge in [-0.2, -0.15) is 0 Å². The molecule has 2 fully saturated rings. The molecule has 5 nitrogen and oxygen atoms in total. The number of piperidine rings is 1. The highest BCUT2D eigenvalue weighted by Gasteiger charge is 2.40. The number of ether oxygens (including phenoxy) is 2. The maximum atomic E-state index is 12.6. The zero-order valence-electron chi connectivity index (χ0n) is 13.2. The van der Waals surface area contributed by atoms with Crippen LogP contribution in [0.5, 0.6) is 0 Å². The largest absolute Gasteiger partial charge is 0.347 e. The summed E-state index contributed by atoms with van der Waals surface area (Å²) in [5, 5.41) is 0. The van der Waals surface area contributed by atoms with Crippen molar-refractivity contribution in [3.63, 3.8) is 0 Å². The van der Waals surface area contributed by atoms with E-state index in [4.69, 9.17) is 9.47 Å². The lowest BCUT2D eigenvalue weighted by molar-refractivity contribution is -0.187. The topological polar surface area (TPSA) is 55.8 Å². The fourth-order valence-electron chi connectivity index (χ4n) is 3.25. The van der Waals surface area contributed by atoms with Crippen molar-refractivity contribution in [3.8, 4) is 0 Å². The van der Waals surface area contributed by atoms with Crippen molar-refractivity contribution >= 4 is 25.8 Å². The molecule has 1 atom stereocenters. The number of hydrogen-bond donors (Lipinski definition) is 0. The second-order valence-electron chi connectivity index (χ2n) is 6.23. The first kappa shape index (κ1) is 17.4. The number of rotatable bonds is 4. The Bertz CT molecular complexity index is 631. The van der Waals surface area contributed by atoms with Gasteiger partial charge in [0.2, 0.25) is 0 Å². The van der Waals surface area contributed by atoms with E-state index in [1.54, 1.807) is 24.3 Å². The van der Waals surface area contributed by atoms with Crippen LogP contribution in [0.4, 0.5) is 0 Å². The standard InChI is InChI=1S/C16H22BrNO4S/c1-13(12-23(19,20)15-4-2-14(17)3-5-15)18-8-6-16(7-9-18)21-10-11-22-16/h2-5,13H,6-12H2,1H3/t13-/m1/s1. The van der Waals surface area contributed by atoms with Crippen molar-refractivity contribution in [2.45, 2.75) is 36.5 Å². The summed E-state index contributed by atoms with van der Waals surface area (Å²) in [4.78, 5) is 2.59. The van der Waals surface area contributed by atoms with Crippen LogP contribution in [-0.2, 0) is 19.3 Å². The van der Waals surface area contributed by atoms with Gasteiger partial charge in [0, 0.05) is 36.4 Å². The van der Waals surface area contributed by atoms with Gasteiger partial charge in [0.05, 0.1) is 23.9 Å². The van der Waals surface area contributed by atoms with E-state index in [0.717, 1.165) is 30.4 Å². The highest BCUT2D eigenvalue weighted by Crippen LogP contribution is 2.32. The number of benzene rings is 1. The second kappa shape index (κ2) is 6.80. The Labute approximate surface area is 146 Å². The minimum absolute atomic E-state index is 0.0256. The molecule has 1 aromatic rings. The molecule has 0 unspecified atom stereocenters. The van der Waals surface area contributed by atoms with E-state index < -0.39 is 15.6 Å². The zero-order chi connectivity index (χ0) is 16.5. The van der Waals surface area contributed by atoms with Gasteiger partial charge in [-0.05, 0) is 31.2 Å². The van der Waals surface area contributed by atoms with E-state index in [1.165, 1.54) is 0 Å². The van der Waals surface area contributed by atoms with Gasteiger partial charge in [0.25, 0.3) is 0 Å². The third-order valence-electron chi connectivity index (χ3n) is 4.63. The lowest BCUT2D eigenvalue weighted by Crippen LogP contribution is -2.49. The number of hydrogen-bond acceptors (Lipinski definition) is 5.